The first-order valence-corrected chi connectivity index (χ1v) is 10.8. The number of benzene rings is 2. The highest BCUT2D eigenvalue weighted by atomic mass is 35.5. The molecule has 0 fully saturated rings. The van der Waals surface area contributed by atoms with Crippen LogP contribution in [0, 0.1) is 6.92 Å². The maximum Gasteiger partial charge on any atom is 0.269 e. The molecule has 0 atom stereocenters. The van der Waals surface area contributed by atoms with Crippen molar-refractivity contribution >= 4 is 72.7 Å². The Hall–Kier alpha value is -2.32. The Balaban J connectivity index is 1.45. The van der Waals surface area contributed by atoms with E-state index in [1.165, 1.54) is 28.2 Å². The quantitative estimate of drug-likeness (QED) is 0.375. The van der Waals surface area contributed by atoms with Crippen LogP contribution in [0.15, 0.2) is 53.9 Å². The van der Waals surface area contributed by atoms with Crippen molar-refractivity contribution in [2.24, 2.45) is 0 Å². The smallest absolute Gasteiger partial charge is 0.269 e. The average Bonchev–Trinajstić information content (AvgIpc) is 3.27. The lowest BCUT2D eigenvalue weighted by Gasteiger charge is -2.06. The average molecular weight is 444 g/mol. The number of carbonyl (C=O) groups excluding carboxylic acids is 1. The second kappa shape index (κ2) is 7.97. The van der Waals surface area contributed by atoms with Crippen LogP contribution in [-0.2, 0) is 0 Å². The normalized spacial score (nSPS) is 10.8. The Morgan fingerprint density at radius 1 is 1.14 bits per heavy atom. The van der Waals surface area contributed by atoms with Crippen molar-refractivity contribution in [3.05, 3.63) is 69.4 Å². The number of hydrogen-bond acceptors (Lipinski definition) is 5. The molecule has 4 aromatic rings. The van der Waals surface area contributed by atoms with Crippen LogP contribution in [-0.4, -0.2) is 16.0 Å². The summed E-state index contributed by atoms with van der Waals surface area (Å²) in [4.78, 5) is 17.5. The van der Waals surface area contributed by atoms with Gasteiger partial charge in [0.15, 0.2) is 10.2 Å². The van der Waals surface area contributed by atoms with Gasteiger partial charge in [0, 0.05) is 21.0 Å². The summed E-state index contributed by atoms with van der Waals surface area (Å²) in [6, 6.07) is 15.8. The van der Waals surface area contributed by atoms with E-state index in [4.69, 9.17) is 23.8 Å². The Morgan fingerprint density at radius 2 is 1.89 bits per heavy atom. The number of carbonyl (C=O) groups is 1. The highest BCUT2D eigenvalue weighted by Crippen LogP contribution is 2.35. The zero-order chi connectivity index (χ0) is 19.7. The van der Waals surface area contributed by atoms with Gasteiger partial charge in [-0.3, -0.25) is 10.1 Å². The molecule has 0 aliphatic carbocycles. The first kappa shape index (κ1) is 19.0. The monoisotopic (exact) mass is 443 g/mol. The molecule has 0 radical (unpaired) electrons. The summed E-state index contributed by atoms with van der Waals surface area (Å²) >= 11 is 14.4. The maximum absolute atomic E-state index is 12.6. The van der Waals surface area contributed by atoms with E-state index in [2.05, 4.69) is 15.6 Å². The van der Waals surface area contributed by atoms with Gasteiger partial charge in [-0.2, -0.15) is 0 Å². The lowest BCUT2D eigenvalue weighted by molar-refractivity contribution is 0.0982. The molecule has 4 nitrogen and oxygen atoms in total. The minimum atomic E-state index is -0.334. The molecule has 0 spiro atoms. The number of amides is 1. The third-order valence-corrected chi connectivity index (χ3v) is 6.68. The van der Waals surface area contributed by atoms with Gasteiger partial charge in [0.05, 0.1) is 10.7 Å². The fraction of sp³-hybridized carbons (Fsp3) is 0.0500. The molecular formula is C20H14ClN3OS3. The number of fused-ring (bicyclic) bond motifs is 1. The summed E-state index contributed by atoms with van der Waals surface area (Å²) in [6.07, 6.45) is 0. The molecule has 8 heteroatoms. The predicted octanol–water partition coefficient (Wildman–Crippen LogP) is 6.11. The van der Waals surface area contributed by atoms with Gasteiger partial charge in [0.1, 0.15) is 4.88 Å². The topological polar surface area (TPSA) is 54.0 Å². The first-order chi connectivity index (χ1) is 13.5. The second-order valence-electron chi connectivity index (χ2n) is 6.05. The van der Waals surface area contributed by atoms with Crippen molar-refractivity contribution in [1.29, 1.82) is 0 Å². The summed E-state index contributed by atoms with van der Waals surface area (Å²) in [5.74, 6) is -0.334. The van der Waals surface area contributed by atoms with Crippen LogP contribution in [0.4, 0.5) is 5.13 Å². The number of halogens is 1. The molecule has 4 rings (SSSR count). The summed E-state index contributed by atoms with van der Waals surface area (Å²) in [7, 11) is 0. The minimum absolute atomic E-state index is 0.184. The number of aromatic nitrogens is 1. The molecule has 0 bridgehead atoms. The van der Waals surface area contributed by atoms with E-state index in [0.717, 1.165) is 21.3 Å². The van der Waals surface area contributed by atoms with Gasteiger partial charge in [-0.1, -0.05) is 59.6 Å². The van der Waals surface area contributed by atoms with Gasteiger partial charge >= 0.3 is 0 Å². The van der Waals surface area contributed by atoms with Crippen molar-refractivity contribution in [2.45, 2.75) is 6.92 Å². The van der Waals surface area contributed by atoms with Gasteiger partial charge < -0.3 is 5.32 Å². The van der Waals surface area contributed by atoms with Gasteiger partial charge in [0.25, 0.3) is 5.91 Å². The summed E-state index contributed by atoms with van der Waals surface area (Å²) in [5.41, 5.74) is 3.08. The maximum atomic E-state index is 12.6. The third kappa shape index (κ3) is 3.93. The molecule has 0 aliphatic heterocycles. The van der Waals surface area contributed by atoms with Gasteiger partial charge in [-0.05, 0) is 25.2 Å². The Labute approximate surface area is 180 Å². The summed E-state index contributed by atoms with van der Waals surface area (Å²) < 4.78 is 0.958. The van der Waals surface area contributed by atoms with Crippen LogP contribution in [0.3, 0.4) is 0 Å². The standard InChI is InChI=1S/C20H14ClN3OS3/c1-11-6-8-12(9-7-11)14-10-27-20(22-14)24-19(26)23-18(25)17-16(21)13-4-2-3-5-15(13)28-17/h2-10H,1H3,(H2,22,23,24,25,26). The molecule has 140 valence electrons. The molecule has 2 N–H and O–H groups in total. The van der Waals surface area contributed by atoms with Crippen LogP contribution in [0.25, 0.3) is 21.3 Å². The zero-order valence-corrected chi connectivity index (χ0v) is 17.9. The molecule has 2 aromatic carbocycles. The second-order valence-corrected chi connectivity index (χ2v) is 8.75. The SMILES string of the molecule is Cc1ccc(-c2csc(NC(=S)NC(=O)c3sc4ccccc4c3Cl)n2)cc1. The number of hydrogen-bond donors (Lipinski definition) is 2. The molecule has 0 aliphatic rings. The van der Waals surface area contributed by atoms with Crippen LogP contribution in [0.2, 0.25) is 5.02 Å². The molecule has 2 heterocycles. The summed E-state index contributed by atoms with van der Waals surface area (Å²) in [5, 5.41) is 9.69. The number of thiophene rings is 1. The van der Waals surface area contributed by atoms with Crippen molar-refractivity contribution in [2.75, 3.05) is 5.32 Å². The zero-order valence-electron chi connectivity index (χ0n) is 14.7. The number of thiocarbonyl (C=S) groups is 1. The van der Waals surface area contributed by atoms with E-state index in [-0.39, 0.29) is 11.0 Å². The molecule has 2 aromatic heterocycles. The molecule has 28 heavy (non-hydrogen) atoms. The lowest BCUT2D eigenvalue weighted by Crippen LogP contribution is -2.33. The van der Waals surface area contributed by atoms with Crippen LogP contribution in [0.1, 0.15) is 15.2 Å². The Bertz CT molecular complexity index is 1180. The Kier molecular flexibility index (Phi) is 5.41. The van der Waals surface area contributed by atoms with Crippen molar-refractivity contribution < 1.29 is 4.79 Å². The number of anilines is 1. The van der Waals surface area contributed by atoms with Crippen LogP contribution >= 0.6 is 46.5 Å². The highest BCUT2D eigenvalue weighted by Gasteiger charge is 2.18. The molecule has 0 unspecified atom stereocenters. The van der Waals surface area contributed by atoms with E-state index in [9.17, 15) is 4.79 Å². The number of nitrogens with one attached hydrogen (secondary N) is 2. The van der Waals surface area contributed by atoms with Gasteiger partial charge in [-0.25, -0.2) is 4.98 Å². The lowest BCUT2D eigenvalue weighted by atomic mass is 10.1. The number of aryl methyl sites for hydroxylation is 1. The Morgan fingerprint density at radius 3 is 2.64 bits per heavy atom. The first-order valence-electron chi connectivity index (χ1n) is 8.33. The molecule has 0 saturated heterocycles. The fourth-order valence-electron chi connectivity index (χ4n) is 2.64. The van der Waals surface area contributed by atoms with E-state index < -0.39 is 0 Å². The van der Waals surface area contributed by atoms with E-state index in [0.29, 0.717) is 15.0 Å². The molecule has 0 saturated carbocycles. The fourth-order valence-corrected chi connectivity index (χ4v) is 5.03. The van der Waals surface area contributed by atoms with E-state index in [1.807, 2.05) is 60.8 Å². The predicted molar refractivity (Wildman–Crippen MR) is 123 cm³/mol. The van der Waals surface area contributed by atoms with Gasteiger partial charge in [-0.15, -0.1) is 22.7 Å². The largest absolute Gasteiger partial charge is 0.308 e. The molecule has 1 amide bonds. The van der Waals surface area contributed by atoms with E-state index in [1.54, 1.807) is 0 Å². The number of nitrogens with zero attached hydrogens (tertiary/aromatic N) is 1. The number of thiazole rings is 1. The van der Waals surface area contributed by atoms with Crippen LogP contribution in [0.5, 0.6) is 0 Å². The van der Waals surface area contributed by atoms with Crippen molar-refractivity contribution in [3.8, 4) is 11.3 Å². The van der Waals surface area contributed by atoms with Gasteiger partial charge in [0.2, 0.25) is 0 Å². The van der Waals surface area contributed by atoms with Crippen molar-refractivity contribution in [1.82, 2.24) is 10.3 Å². The third-order valence-electron chi connectivity index (χ3n) is 4.04. The highest BCUT2D eigenvalue weighted by molar-refractivity contribution is 7.80. The van der Waals surface area contributed by atoms with E-state index >= 15 is 0 Å². The minimum Gasteiger partial charge on any atom is -0.308 e. The number of rotatable bonds is 3. The molecular weight excluding hydrogens is 430 g/mol. The van der Waals surface area contributed by atoms with Crippen molar-refractivity contribution in [3.63, 3.8) is 0 Å². The summed E-state index contributed by atoms with van der Waals surface area (Å²) in [6.45, 7) is 2.04. The van der Waals surface area contributed by atoms with Crippen LogP contribution < -0.4 is 10.6 Å².